The lowest BCUT2D eigenvalue weighted by atomic mass is 10.1. The van der Waals surface area contributed by atoms with Gasteiger partial charge in [-0.15, -0.1) is 0 Å². The molecule has 0 saturated carbocycles. The predicted molar refractivity (Wildman–Crippen MR) is 155 cm³/mol. The zero-order chi connectivity index (χ0) is 27.4. The van der Waals surface area contributed by atoms with Crippen LogP contribution in [0.1, 0.15) is 33.7 Å². The standard InChI is InChI=1S/C14H12N4O.C13H12N4O.C2H6.2H2/c1-8-10-7-16-18-13(10)4-12(17-8)11-6-15-5-9-2-3-19-14(9)11;1-8-9-7-15-17-12(9)5-11(16-8)10-6-14-4-3-13(10)18-2;1-2;;/h4-7H,2-3H2,1H3,(H,16,18);3-7H,1-2H3,(H,15,17);1-2H3;2*1H. The lowest BCUT2D eigenvalue weighted by Crippen LogP contribution is -1.93. The number of aryl methyl sites for hydroxylation is 2. The fourth-order valence-corrected chi connectivity index (χ4v) is 4.52. The fraction of sp³-hybridized carbons (Fsp3) is 0.241. The van der Waals surface area contributed by atoms with Crippen LogP contribution in [0.2, 0.25) is 0 Å². The molecule has 6 aromatic heterocycles. The van der Waals surface area contributed by atoms with Crippen LogP contribution >= 0.6 is 0 Å². The summed E-state index contributed by atoms with van der Waals surface area (Å²) in [5, 5.41) is 16.1. The summed E-state index contributed by atoms with van der Waals surface area (Å²) in [6.45, 7) is 8.67. The van der Waals surface area contributed by atoms with Gasteiger partial charge in [0.15, 0.2) is 0 Å². The molecule has 0 atom stereocenters. The molecule has 0 radical (unpaired) electrons. The fourth-order valence-electron chi connectivity index (χ4n) is 4.52. The van der Waals surface area contributed by atoms with Gasteiger partial charge < -0.3 is 9.47 Å². The number of hydrogen-bond acceptors (Lipinski definition) is 8. The Balaban J connectivity index is 0.000000204. The highest BCUT2D eigenvalue weighted by molar-refractivity contribution is 5.86. The number of hydrogen-bond donors (Lipinski definition) is 2. The van der Waals surface area contributed by atoms with E-state index in [0.29, 0.717) is 0 Å². The van der Waals surface area contributed by atoms with Crippen LogP contribution in [0.25, 0.3) is 44.3 Å². The molecule has 10 nitrogen and oxygen atoms in total. The molecule has 39 heavy (non-hydrogen) atoms. The van der Waals surface area contributed by atoms with Crippen LogP contribution in [0.5, 0.6) is 11.5 Å². The molecule has 0 aliphatic carbocycles. The second-order valence-electron chi connectivity index (χ2n) is 8.70. The third-order valence-electron chi connectivity index (χ3n) is 6.40. The predicted octanol–water partition coefficient (Wildman–Crippen LogP) is 6.12. The monoisotopic (exact) mass is 526 g/mol. The van der Waals surface area contributed by atoms with Crippen LogP contribution in [0, 0.1) is 13.8 Å². The van der Waals surface area contributed by atoms with Crippen LogP contribution < -0.4 is 9.47 Å². The molecule has 10 heteroatoms. The van der Waals surface area contributed by atoms with E-state index in [2.05, 4.69) is 40.3 Å². The lowest BCUT2D eigenvalue weighted by Gasteiger charge is -2.08. The molecule has 0 bridgehead atoms. The highest BCUT2D eigenvalue weighted by Gasteiger charge is 2.19. The average molecular weight is 527 g/mol. The maximum absolute atomic E-state index is 5.71. The highest BCUT2D eigenvalue weighted by Crippen LogP contribution is 2.36. The molecule has 0 aromatic carbocycles. The van der Waals surface area contributed by atoms with Crippen LogP contribution in [0.3, 0.4) is 0 Å². The summed E-state index contributed by atoms with van der Waals surface area (Å²) in [5.41, 5.74) is 8.52. The van der Waals surface area contributed by atoms with Gasteiger partial charge >= 0.3 is 0 Å². The zero-order valence-electron chi connectivity index (χ0n) is 22.6. The van der Waals surface area contributed by atoms with E-state index in [9.17, 15) is 0 Å². The summed E-state index contributed by atoms with van der Waals surface area (Å²) in [4.78, 5) is 17.6. The van der Waals surface area contributed by atoms with Crippen molar-refractivity contribution >= 4 is 21.8 Å². The van der Waals surface area contributed by atoms with Crippen molar-refractivity contribution in [1.82, 2.24) is 40.3 Å². The number of aromatic amines is 2. The Hall–Kier alpha value is -4.86. The summed E-state index contributed by atoms with van der Waals surface area (Å²) in [5.74, 6) is 1.68. The summed E-state index contributed by atoms with van der Waals surface area (Å²) in [6.07, 6.45) is 11.6. The SMILES string of the molecule is CC.COc1ccncc1-c1cc2[nH]ncc2c(C)n1.Cc1nc(-c2cncc3c2OCC3)cc2[nH]ncc12.[HH].[HH]. The number of methoxy groups -OCH3 is 1. The molecule has 0 saturated heterocycles. The Morgan fingerprint density at radius 2 is 1.44 bits per heavy atom. The topological polar surface area (TPSA) is 127 Å². The summed E-state index contributed by atoms with van der Waals surface area (Å²) >= 11 is 0. The van der Waals surface area contributed by atoms with Crippen molar-refractivity contribution in [3.8, 4) is 34.0 Å². The summed E-state index contributed by atoms with van der Waals surface area (Å²) < 4.78 is 11.0. The first-order valence-corrected chi connectivity index (χ1v) is 12.8. The zero-order valence-corrected chi connectivity index (χ0v) is 22.6. The molecular formula is C29H34N8O2. The van der Waals surface area contributed by atoms with Gasteiger partial charge in [0.25, 0.3) is 0 Å². The van der Waals surface area contributed by atoms with Crippen molar-refractivity contribution in [2.75, 3.05) is 13.7 Å². The number of aromatic nitrogens is 8. The summed E-state index contributed by atoms with van der Waals surface area (Å²) in [7, 11) is 1.64. The molecule has 0 amide bonds. The van der Waals surface area contributed by atoms with E-state index in [1.165, 1.54) is 0 Å². The van der Waals surface area contributed by atoms with Crippen LogP contribution in [-0.2, 0) is 6.42 Å². The molecule has 202 valence electrons. The number of nitrogens with zero attached hydrogens (tertiary/aromatic N) is 6. The van der Waals surface area contributed by atoms with E-state index in [0.717, 1.165) is 85.8 Å². The van der Waals surface area contributed by atoms with Gasteiger partial charge in [-0.25, -0.2) is 0 Å². The quantitative estimate of drug-likeness (QED) is 0.282. The normalized spacial score (nSPS) is 11.7. The minimum Gasteiger partial charge on any atom is -0.496 e. The first kappa shape index (κ1) is 25.8. The second kappa shape index (κ2) is 11.3. The van der Waals surface area contributed by atoms with Crippen molar-refractivity contribution in [2.24, 2.45) is 0 Å². The van der Waals surface area contributed by atoms with Gasteiger partial charge in [-0.1, -0.05) is 13.8 Å². The van der Waals surface area contributed by atoms with Gasteiger partial charge in [-0.05, 0) is 32.0 Å². The number of nitrogens with one attached hydrogen (secondary N) is 2. The summed E-state index contributed by atoms with van der Waals surface area (Å²) in [6, 6.07) is 5.77. The van der Waals surface area contributed by atoms with Gasteiger partial charge in [0.1, 0.15) is 11.5 Å². The Labute approximate surface area is 228 Å². The number of rotatable bonds is 3. The van der Waals surface area contributed by atoms with E-state index in [-0.39, 0.29) is 2.85 Å². The third-order valence-corrected chi connectivity index (χ3v) is 6.40. The van der Waals surface area contributed by atoms with Gasteiger partial charge in [-0.3, -0.25) is 30.1 Å². The van der Waals surface area contributed by atoms with Crippen molar-refractivity contribution in [1.29, 1.82) is 0 Å². The number of pyridine rings is 4. The Bertz CT molecular complexity index is 1750. The molecule has 1 aliphatic heterocycles. The largest absolute Gasteiger partial charge is 0.496 e. The van der Waals surface area contributed by atoms with Crippen LogP contribution in [0.15, 0.2) is 55.4 Å². The van der Waals surface area contributed by atoms with Crippen LogP contribution in [-0.4, -0.2) is 54.0 Å². The Kier molecular flexibility index (Phi) is 7.44. The van der Waals surface area contributed by atoms with E-state index in [1.54, 1.807) is 31.9 Å². The van der Waals surface area contributed by atoms with E-state index in [4.69, 9.17) is 9.47 Å². The molecule has 7 rings (SSSR count). The van der Waals surface area contributed by atoms with Gasteiger partial charge in [0, 0.05) is 61.8 Å². The van der Waals surface area contributed by atoms with Crippen molar-refractivity contribution in [3.63, 3.8) is 0 Å². The smallest absolute Gasteiger partial charge is 0.135 e. The third kappa shape index (κ3) is 5.00. The first-order valence-electron chi connectivity index (χ1n) is 12.8. The maximum Gasteiger partial charge on any atom is 0.135 e. The minimum absolute atomic E-state index is 0. The number of H-pyrrole nitrogens is 2. The van der Waals surface area contributed by atoms with E-state index < -0.39 is 0 Å². The van der Waals surface area contributed by atoms with E-state index >= 15 is 0 Å². The lowest BCUT2D eigenvalue weighted by molar-refractivity contribution is 0.358. The van der Waals surface area contributed by atoms with E-state index in [1.807, 2.05) is 58.3 Å². The molecular weight excluding hydrogens is 492 g/mol. The molecule has 6 aromatic rings. The van der Waals surface area contributed by atoms with Gasteiger partial charge in [0.2, 0.25) is 0 Å². The molecule has 0 fully saturated rings. The molecule has 0 spiro atoms. The van der Waals surface area contributed by atoms with Crippen molar-refractivity contribution in [2.45, 2.75) is 34.1 Å². The van der Waals surface area contributed by atoms with Gasteiger partial charge in [0.05, 0.1) is 59.7 Å². The minimum atomic E-state index is 0. The molecule has 2 N–H and O–H groups in total. The molecule has 7 heterocycles. The Morgan fingerprint density at radius 1 is 0.821 bits per heavy atom. The van der Waals surface area contributed by atoms with Gasteiger partial charge in [-0.2, -0.15) is 10.2 Å². The Morgan fingerprint density at radius 3 is 2.08 bits per heavy atom. The first-order chi connectivity index (χ1) is 19.1. The van der Waals surface area contributed by atoms with Crippen molar-refractivity contribution < 1.29 is 12.3 Å². The molecule has 1 aliphatic rings. The van der Waals surface area contributed by atoms with Crippen molar-refractivity contribution in [3.05, 3.63) is 72.3 Å². The highest BCUT2D eigenvalue weighted by atomic mass is 16.5. The maximum atomic E-state index is 5.71. The second-order valence-corrected chi connectivity index (χ2v) is 8.70. The average Bonchev–Trinajstić information content (AvgIpc) is 3.75. The number of ether oxygens (including phenoxy) is 2. The number of fused-ring (bicyclic) bond motifs is 3. The van der Waals surface area contributed by atoms with Crippen LogP contribution in [0.4, 0.5) is 0 Å². The molecule has 0 unspecified atom stereocenters.